The van der Waals surface area contributed by atoms with E-state index in [1.54, 1.807) is 20.8 Å². The molecule has 0 spiro atoms. The van der Waals surface area contributed by atoms with Crippen LogP contribution in [0.25, 0.3) is 0 Å². The molecule has 0 unspecified atom stereocenters. The highest BCUT2D eigenvalue weighted by Gasteiger charge is 2.41. The summed E-state index contributed by atoms with van der Waals surface area (Å²) in [5.41, 5.74) is -0.709. The number of carbonyl (C=O) groups excluding carboxylic acids is 2. The van der Waals surface area contributed by atoms with Crippen molar-refractivity contribution in [3.05, 3.63) is 29.3 Å². The van der Waals surface area contributed by atoms with E-state index in [2.05, 4.69) is 4.72 Å². The molecule has 2 atom stereocenters. The summed E-state index contributed by atoms with van der Waals surface area (Å²) in [4.78, 5) is 25.6. The van der Waals surface area contributed by atoms with Gasteiger partial charge in [-0.05, 0) is 58.4 Å². The Morgan fingerprint density at radius 3 is 2.31 bits per heavy atom. The van der Waals surface area contributed by atoms with Gasteiger partial charge in [-0.25, -0.2) is 17.9 Å². The zero-order valence-corrected chi connectivity index (χ0v) is 16.7. The molecule has 1 aliphatic rings. The fourth-order valence-electron chi connectivity index (χ4n) is 2.73. The van der Waals surface area contributed by atoms with Crippen molar-refractivity contribution >= 4 is 33.5 Å². The highest BCUT2D eigenvalue weighted by Crippen LogP contribution is 2.24. The largest absolute Gasteiger partial charge is 0.444 e. The molecule has 2 rings (SSSR count). The normalized spacial score (nSPS) is 20.9. The second kappa shape index (κ2) is 7.54. The van der Waals surface area contributed by atoms with E-state index in [1.807, 2.05) is 0 Å². The Balaban J connectivity index is 2.15. The van der Waals surface area contributed by atoms with Crippen LogP contribution >= 0.6 is 11.6 Å². The Labute approximate surface area is 158 Å². The van der Waals surface area contributed by atoms with Crippen LogP contribution in [0.1, 0.15) is 34.1 Å². The quantitative estimate of drug-likeness (QED) is 0.835. The number of sulfonamides is 1. The maximum atomic E-state index is 12.5. The molecule has 1 N–H and O–H groups in total. The predicted molar refractivity (Wildman–Crippen MR) is 97.6 cm³/mol. The number of nitrogens with zero attached hydrogens (tertiary/aromatic N) is 1. The van der Waals surface area contributed by atoms with Crippen molar-refractivity contribution in [3.8, 4) is 0 Å². The summed E-state index contributed by atoms with van der Waals surface area (Å²) in [5, 5.41) is 0.428. The molecule has 0 aliphatic carbocycles. The first-order valence-electron chi connectivity index (χ1n) is 8.17. The van der Waals surface area contributed by atoms with Crippen molar-refractivity contribution in [3.63, 3.8) is 0 Å². The Morgan fingerprint density at radius 2 is 1.81 bits per heavy atom. The molecule has 9 heteroatoms. The second-order valence-electron chi connectivity index (χ2n) is 7.27. The van der Waals surface area contributed by atoms with Crippen LogP contribution in [0.5, 0.6) is 0 Å². The molecule has 7 nitrogen and oxygen atoms in total. The fourth-order valence-corrected chi connectivity index (χ4v) is 4.10. The predicted octanol–water partition coefficient (Wildman–Crippen LogP) is 2.59. The van der Waals surface area contributed by atoms with Crippen LogP contribution in [0.4, 0.5) is 4.79 Å². The smallest absolute Gasteiger partial charge is 0.410 e. The van der Waals surface area contributed by atoms with Gasteiger partial charge in [-0.2, -0.15) is 0 Å². The number of Topliss-reactive ketones (excluding diaryl/α,β-unsaturated/α-hetero) is 1. The molecule has 0 bridgehead atoms. The summed E-state index contributed by atoms with van der Waals surface area (Å²) < 4.78 is 32.9. The number of hydrogen-bond acceptors (Lipinski definition) is 5. The van der Waals surface area contributed by atoms with Crippen LogP contribution in [0.15, 0.2) is 29.2 Å². The van der Waals surface area contributed by atoms with Gasteiger partial charge in [0.2, 0.25) is 10.0 Å². The van der Waals surface area contributed by atoms with Gasteiger partial charge in [0.05, 0.1) is 10.9 Å². The number of halogens is 1. The lowest BCUT2D eigenvalue weighted by molar-refractivity contribution is -0.121. The number of carbonyl (C=O) groups is 2. The molecular formula is C17H23ClN2O5S. The molecule has 144 valence electrons. The highest BCUT2D eigenvalue weighted by atomic mass is 35.5. The lowest BCUT2D eigenvalue weighted by atomic mass is 10.1. The van der Waals surface area contributed by atoms with Crippen LogP contribution in [0.3, 0.4) is 0 Å². The molecule has 1 fully saturated rings. The van der Waals surface area contributed by atoms with Gasteiger partial charge in [0.15, 0.2) is 5.78 Å². The standard InChI is InChI=1S/C17H23ClN2O5S/c1-11(21)15-9-13(10-20(15)16(22)25-17(2,3)4)19-26(23,24)14-7-5-12(18)6-8-14/h5-8,13,15,19H,9-10H2,1-4H3/t13-,15+/m1/s1. The average molecular weight is 403 g/mol. The van der Waals surface area contributed by atoms with E-state index in [-0.39, 0.29) is 23.6 Å². The summed E-state index contributed by atoms with van der Waals surface area (Å²) in [5.74, 6) is -0.218. The summed E-state index contributed by atoms with van der Waals surface area (Å²) in [6, 6.07) is 4.45. The van der Waals surface area contributed by atoms with Crippen molar-refractivity contribution in [2.24, 2.45) is 0 Å². The van der Waals surface area contributed by atoms with Gasteiger partial charge in [0.25, 0.3) is 0 Å². The molecule has 26 heavy (non-hydrogen) atoms. The number of rotatable bonds is 4. The molecule has 1 amide bonds. The minimum absolute atomic E-state index is 0.0615. The van der Waals surface area contributed by atoms with Gasteiger partial charge in [0.1, 0.15) is 5.60 Å². The zero-order chi connectivity index (χ0) is 19.7. The van der Waals surface area contributed by atoms with Crippen molar-refractivity contribution < 1.29 is 22.7 Å². The van der Waals surface area contributed by atoms with Crippen LogP contribution in [-0.2, 0) is 19.6 Å². The first kappa shape index (κ1) is 20.7. The molecule has 1 aliphatic heterocycles. The lowest BCUT2D eigenvalue weighted by Crippen LogP contribution is -2.43. The number of benzene rings is 1. The first-order chi connectivity index (χ1) is 11.9. The molecule has 0 saturated carbocycles. The SMILES string of the molecule is CC(=O)[C@@H]1C[C@@H](NS(=O)(=O)c2ccc(Cl)cc2)CN1C(=O)OC(C)(C)C. The molecule has 1 aromatic carbocycles. The maximum absolute atomic E-state index is 12.5. The Kier molecular flexibility index (Phi) is 5.99. The Morgan fingerprint density at radius 1 is 1.23 bits per heavy atom. The summed E-state index contributed by atoms with van der Waals surface area (Å²) in [6.45, 7) is 6.61. The van der Waals surface area contributed by atoms with Crippen molar-refractivity contribution in [2.75, 3.05) is 6.54 Å². The van der Waals surface area contributed by atoms with Gasteiger partial charge in [-0.1, -0.05) is 11.6 Å². The maximum Gasteiger partial charge on any atom is 0.410 e. The second-order valence-corrected chi connectivity index (χ2v) is 9.42. The van der Waals surface area contributed by atoms with Gasteiger partial charge in [-0.3, -0.25) is 9.69 Å². The molecular weight excluding hydrogens is 380 g/mol. The average Bonchev–Trinajstić information content (AvgIpc) is 2.89. The summed E-state index contributed by atoms with van der Waals surface area (Å²) in [7, 11) is -3.79. The zero-order valence-electron chi connectivity index (χ0n) is 15.2. The molecule has 1 saturated heterocycles. The summed E-state index contributed by atoms with van der Waals surface area (Å²) >= 11 is 5.78. The van der Waals surface area contributed by atoms with E-state index in [4.69, 9.17) is 16.3 Å². The number of amides is 1. The third-order valence-corrected chi connectivity index (χ3v) is 5.63. The third kappa shape index (κ3) is 5.18. The van der Waals surface area contributed by atoms with Crippen molar-refractivity contribution in [2.45, 2.75) is 56.7 Å². The molecule has 0 radical (unpaired) electrons. The number of hydrogen-bond donors (Lipinski definition) is 1. The number of ketones is 1. The monoisotopic (exact) mass is 402 g/mol. The van der Waals surface area contributed by atoms with Gasteiger partial charge < -0.3 is 4.74 Å². The lowest BCUT2D eigenvalue weighted by Gasteiger charge is -2.27. The highest BCUT2D eigenvalue weighted by molar-refractivity contribution is 7.89. The topological polar surface area (TPSA) is 92.8 Å². The minimum Gasteiger partial charge on any atom is -0.444 e. The number of ether oxygens (including phenoxy) is 1. The molecule has 0 aromatic heterocycles. The van der Waals surface area contributed by atoms with Crippen LogP contribution < -0.4 is 4.72 Å². The third-order valence-electron chi connectivity index (χ3n) is 3.84. The van der Waals surface area contributed by atoms with E-state index in [1.165, 1.54) is 36.1 Å². The van der Waals surface area contributed by atoms with Crippen LogP contribution in [0, 0.1) is 0 Å². The van der Waals surface area contributed by atoms with Gasteiger partial charge in [0, 0.05) is 17.6 Å². The van der Waals surface area contributed by atoms with Crippen LogP contribution in [-0.4, -0.2) is 49.4 Å². The number of nitrogens with one attached hydrogen (secondary N) is 1. The van der Waals surface area contributed by atoms with E-state index in [0.29, 0.717) is 5.02 Å². The first-order valence-corrected chi connectivity index (χ1v) is 10.0. The molecule has 1 aromatic rings. The van der Waals surface area contributed by atoms with Gasteiger partial charge in [-0.15, -0.1) is 0 Å². The Hall–Kier alpha value is -1.64. The van der Waals surface area contributed by atoms with E-state index < -0.39 is 33.8 Å². The molecule has 1 heterocycles. The number of likely N-dealkylation sites (tertiary alicyclic amines) is 1. The van der Waals surface area contributed by atoms with E-state index in [9.17, 15) is 18.0 Å². The fraction of sp³-hybridized carbons (Fsp3) is 0.529. The van der Waals surface area contributed by atoms with E-state index >= 15 is 0 Å². The van der Waals surface area contributed by atoms with Gasteiger partial charge >= 0.3 is 6.09 Å². The summed E-state index contributed by atoms with van der Waals surface area (Å²) in [6.07, 6.45) is -0.438. The van der Waals surface area contributed by atoms with Crippen molar-refractivity contribution in [1.82, 2.24) is 9.62 Å². The van der Waals surface area contributed by atoms with Crippen molar-refractivity contribution in [1.29, 1.82) is 0 Å². The Bertz CT molecular complexity index is 786. The van der Waals surface area contributed by atoms with E-state index in [0.717, 1.165) is 0 Å². The minimum atomic E-state index is -3.79. The van der Waals surface area contributed by atoms with Crippen LogP contribution in [0.2, 0.25) is 5.02 Å².